The Bertz CT molecular complexity index is 256. The highest BCUT2D eigenvalue weighted by molar-refractivity contribution is 5.75. The van der Waals surface area contributed by atoms with Gasteiger partial charge in [-0.2, -0.15) is 0 Å². The molecule has 1 saturated heterocycles. The van der Waals surface area contributed by atoms with Crippen molar-refractivity contribution in [3.05, 3.63) is 0 Å². The zero-order chi connectivity index (χ0) is 10.3. The summed E-state index contributed by atoms with van der Waals surface area (Å²) in [5, 5.41) is 28.0. The van der Waals surface area contributed by atoms with Gasteiger partial charge in [0.05, 0.1) is 6.61 Å². The van der Waals surface area contributed by atoms with Crippen molar-refractivity contribution < 1.29 is 24.8 Å². The van der Waals surface area contributed by atoms with Gasteiger partial charge in [0.15, 0.2) is 5.90 Å². The third-order valence-corrected chi connectivity index (χ3v) is 2.47. The van der Waals surface area contributed by atoms with Crippen LogP contribution in [-0.4, -0.2) is 58.5 Å². The molecule has 0 radical (unpaired) electrons. The highest BCUT2D eigenvalue weighted by Crippen LogP contribution is 2.28. The Balaban J connectivity index is 2.14. The Hall–Kier alpha value is -0.690. The maximum absolute atomic E-state index is 9.64. The van der Waals surface area contributed by atoms with Gasteiger partial charge in [-0.25, -0.2) is 4.99 Å². The minimum Gasteiger partial charge on any atom is -0.450 e. The maximum atomic E-state index is 9.64. The number of rotatable bonds is 1. The Morgan fingerprint density at radius 3 is 2.71 bits per heavy atom. The Kier molecular flexibility index (Phi) is 2.44. The van der Waals surface area contributed by atoms with Gasteiger partial charge < -0.3 is 24.8 Å². The largest absolute Gasteiger partial charge is 0.450 e. The Labute approximate surface area is 80.8 Å². The number of nitrogens with zero attached hydrogens (tertiary/aromatic N) is 1. The zero-order valence-electron chi connectivity index (χ0n) is 7.70. The summed E-state index contributed by atoms with van der Waals surface area (Å²) in [7, 11) is 0. The minimum absolute atomic E-state index is 0.357. The second-order valence-electron chi connectivity index (χ2n) is 3.46. The van der Waals surface area contributed by atoms with E-state index in [2.05, 4.69) is 4.99 Å². The predicted molar refractivity (Wildman–Crippen MR) is 45.7 cm³/mol. The van der Waals surface area contributed by atoms with E-state index in [-0.39, 0.29) is 6.61 Å². The summed E-state index contributed by atoms with van der Waals surface area (Å²) >= 11 is 0. The molecular formula is C8H13NO5. The Morgan fingerprint density at radius 1 is 1.36 bits per heavy atom. The van der Waals surface area contributed by atoms with Crippen LogP contribution in [0.15, 0.2) is 4.99 Å². The summed E-state index contributed by atoms with van der Waals surface area (Å²) in [6.07, 6.45) is -3.68. The highest BCUT2D eigenvalue weighted by Gasteiger charge is 2.48. The van der Waals surface area contributed by atoms with Crippen LogP contribution < -0.4 is 0 Å². The fourth-order valence-corrected chi connectivity index (χ4v) is 1.71. The molecule has 0 spiro atoms. The van der Waals surface area contributed by atoms with Gasteiger partial charge in [-0.15, -0.1) is 0 Å². The topological polar surface area (TPSA) is 91.5 Å². The molecule has 2 aliphatic rings. The molecule has 2 heterocycles. The third kappa shape index (κ3) is 1.40. The standard InChI is InChI=1S/C8H13NO5/c1-3-9-5-7(12)6(11)4(2-10)14-8(5)13-3/h4-8,10-12H,2H2,1H3/t4?,5-,6+,7?,8-/m0/s1. The molecule has 80 valence electrons. The van der Waals surface area contributed by atoms with E-state index < -0.39 is 30.6 Å². The van der Waals surface area contributed by atoms with Crippen LogP contribution in [0.2, 0.25) is 0 Å². The smallest absolute Gasteiger partial charge is 0.227 e. The normalized spacial score (nSPS) is 46.9. The van der Waals surface area contributed by atoms with E-state index in [4.69, 9.17) is 14.6 Å². The fraction of sp³-hybridized carbons (Fsp3) is 0.875. The minimum atomic E-state index is -1.13. The van der Waals surface area contributed by atoms with Crippen molar-refractivity contribution in [2.75, 3.05) is 6.61 Å². The molecule has 5 atom stereocenters. The van der Waals surface area contributed by atoms with Crippen molar-refractivity contribution in [2.24, 2.45) is 4.99 Å². The molecule has 2 unspecified atom stereocenters. The summed E-state index contributed by atoms with van der Waals surface area (Å²) in [5.74, 6) is 0.421. The molecule has 3 N–H and O–H groups in total. The molecule has 2 rings (SSSR count). The van der Waals surface area contributed by atoms with E-state index in [0.29, 0.717) is 5.90 Å². The van der Waals surface area contributed by atoms with Crippen molar-refractivity contribution in [3.63, 3.8) is 0 Å². The lowest BCUT2D eigenvalue weighted by Crippen LogP contribution is -2.56. The lowest BCUT2D eigenvalue weighted by molar-refractivity contribution is -0.234. The van der Waals surface area contributed by atoms with Crippen molar-refractivity contribution >= 4 is 5.90 Å². The number of ether oxygens (including phenoxy) is 2. The first kappa shape index (κ1) is 9.85. The van der Waals surface area contributed by atoms with Gasteiger partial charge in [0.1, 0.15) is 24.4 Å². The molecule has 0 aromatic rings. The predicted octanol–water partition coefficient (Wildman–Crippen LogP) is -1.76. The molecule has 0 bridgehead atoms. The van der Waals surface area contributed by atoms with E-state index in [1.54, 1.807) is 6.92 Å². The van der Waals surface area contributed by atoms with Crippen molar-refractivity contribution in [2.45, 2.75) is 37.6 Å². The van der Waals surface area contributed by atoms with Crippen molar-refractivity contribution in [1.29, 1.82) is 0 Å². The summed E-state index contributed by atoms with van der Waals surface area (Å²) in [5.41, 5.74) is 0. The van der Waals surface area contributed by atoms with Gasteiger partial charge in [0, 0.05) is 6.92 Å². The molecule has 0 aromatic heterocycles. The Morgan fingerprint density at radius 2 is 2.07 bits per heavy atom. The number of aliphatic imine (C=N–C) groups is 1. The van der Waals surface area contributed by atoms with E-state index in [1.165, 1.54) is 0 Å². The lowest BCUT2D eigenvalue weighted by Gasteiger charge is -2.36. The van der Waals surface area contributed by atoms with Crippen LogP contribution >= 0.6 is 0 Å². The molecule has 1 fully saturated rings. The number of aliphatic hydroxyl groups is 3. The van der Waals surface area contributed by atoms with Gasteiger partial charge in [-0.3, -0.25) is 0 Å². The van der Waals surface area contributed by atoms with Crippen LogP contribution in [0.4, 0.5) is 0 Å². The van der Waals surface area contributed by atoms with E-state index in [1.807, 2.05) is 0 Å². The van der Waals surface area contributed by atoms with Crippen LogP contribution in [0, 0.1) is 0 Å². The molecular weight excluding hydrogens is 190 g/mol. The first-order valence-corrected chi connectivity index (χ1v) is 4.47. The summed E-state index contributed by atoms with van der Waals surface area (Å²) in [4.78, 5) is 3.99. The van der Waals surface area contributed by atoms with Gasteiger partial charge in [-0.1, -0.05) is 0 Å². The van der Waals surface area contributed by atoms with Crippen LogP contribution in [0.3, 0.4) is 0 Å². The van der Waals surface area contributed by atoms with E-state index in [9.17, 15) is 10.2 Å². The van der Waals surface area contributed by atoms with Crippen LogP contribution in [0.1, 0.15) is 6.92 Å². The molecule has 0 amide bonds. The first-order valence-electron chi connectivity index (χ1n) is 4.47. The van der Waals surface area contributed by atoms with Crippen LogP contribution in [0.5, 0.6) is 0 Å². The van der Waals surface area contributed by atoms with Gasteiger partial charge in [0.2, 0.25) is 6.29 Å². The first-order chi connectivity index (χ1) is 6.63. The van der Waals surface area contributed by atoms with E-state index >= 15 is 0 Å². The quantitative estimate of drug-likeness (QED) is 0.469. The zero-order valence-corrected chi connectivity index (χ0v) is 7.70. The third-order valence-electron chi connectivity index (χ3n) is 2.47. The molecule has 6 heteroatoms. The molecule has 14 heavy (non-hydrogen) atoms. The molecule has 0 aliphatic carbocycles. The summed E-state index contributed by atoms with van der Waals surface area (Å²) in [6.45, 7) is 1.29. The molecule has 0 saturated carbocycles. The van der Waals surface area contributed by atoms with E-state index in [0.717, 1.165) is 0 Å². The van der Waals surface area contributed by atoms with Gasteiger partial charge >= 0.3 is 0 Å². The summed E-state index contributed by atoms with van der Waals surface area (Å²) < 4.78 is 10.4. The number of hydrogen-bond donors (Lipinski definition) is 3. The van der Waals surface area contributed by atoms with Gasteiger partial charge in [-0.05, 0) is 0 Å². The average molecular weight is 203 g/mol. The van der Waals surface area contributed by atoms with Crippen molar-refractivity contribution in [1.82, 2.24) is 0 Å². The fourth-order valence-electron chi connectivity index (χ4n) is 1.71. The molecule has 6 nitrogen and oxygen atoms in total. The van der Waals surface area contributed by atoms with Crippen LogP contribution in [0.25, 0.3) is 0 Å². The maximum Gasteiger partial charge on any atom is 0.227 e. The van der Waals surface area contributed by atoms with Crippen molar-refractivity contribution in [3.8, 4) is 0 Å². The second kappa shape index (κ2) is 3.47. The SMILES string of the molecule is CC1=N[C@H]2C(O)[C@H](O)C(CO)O[C@@H]2O1. The molecule has 2 aliphatic heterocycles. The number of aliphatic hydroxyl groups excluding tert-OH is 3. The second-order valence-corrected chi connectivity index (χ2v) is 3.46. The monoisotopic (exact) mass is 203 g/mol. The highest BCUT2D eigenvalue weighted by atomic mass is 16.7. The number of hydrogen-bond acceptors (Lipinski definition) is 6. The van der Waals surface area contributed by atoms with Crippen LogP contribution in [-0.2, 0) is 9.47 Å². The number of fused-ring (bicyclic) bond motifs is 1. The van der Waals surface area contributed by atoms with Gasteiger partial charge in [0.25, 0.3) is 0 Å². The average Bonchev–Trinajstić information content (AvgIpc) is 2.52. The summed E-state index contributed by atoms with van der Waals surface area (Å²) in [6, 6.07) is -0.590. The molecule has 0 aromatic carbocycles. The lowest BCUT2D eigenvalue weighted by atomic mass is 9.98.